The molecule has 1 N–H and O–H groups in total. The lowest BCUT2D eigenvalue weighted by molar-refractivity contribution is -0.274. The Morgan fingerprint density at radius 3 is 2.57 bits per heavy atom. The van der Waals surface area contributed by atoms with Crippen molar-refractivity contribution in [3.8, 4) is 5.75 Å². The highest BCUT2D eigenvalue weighted by Crippen LogP contribution is 2.24. The van der Waals surface area contributed by atoms with Crippen LogP contribution in [0.15, 0.2) is 24.3 Å². The molecule has 1 fully saturated rings. The first-order valence-corrected chi connectivity index (χ1v) is 6.63. The van der Waals surface area contributed by atoms with E-state index in [2.05, 4.69) is 4.74 Å². The van der Waals surface area contributed by atoms with Crippen molar-refractivity contribution in [2.75, 3.05) is 13.1 Å². The summed E-state index contributed by atoms with van der Waals surface area (Å²) in [5.74, 6) is -1.42. The highest BCUT2D eigenvalue weighted by molar-refractivity contribution is 5.70. The third-order valence-electron chi connectivity index (χ3n) is 3.42. The summed E-state index contributed by atoms with van der Waals surface area (Å²) in [5, 5.41) is 9.02. The fraction of sp³-hybridized carbons (Fsp3) is 0.500. The molecule has 21 heavy (non-hydrogen) atoms. The molecule has 0 radical (unpaired) electrons. The Labute approximate surface area is 120 Å². The van der Waals surface area contributed by atoms with Gasteiger partial charge in [-0.2, -0.15) is 0 Å². The highest BCUT2D eigenvalue weighted by Gasteiger charge is 2.31. The molecule has 116 valence electrons. The minimum atomic E-state index is -4.69. The molecule has 7 heteroatoms. The predicted molar refractivity (Wildman–Crippen MR) is 68.8 cm³/mol. The van der Waals surface area contributed by atoms with E-state index in [1.54, 1.807) is 12.1 Å². The predicted octanol–water partition coefficient (Wildman–Crippen LogP) is 2.88. The van der Waals surface area contributed by atoms with E-state index in [9.17, 15) is 18.0 Å². The number of nitrogens with zero attached hydrogens (tertiary/aromatic N) is 1. The molecule has 0 bridgehead atoms. The molecule has 1 heterocycles. The molecule has 2 rings (SSSR count). The van der Waals surface area contributed by atoms with E-state index in [4.69, 9.17) is 5.11 Å². The van der Waals surface area contributed by atoms with Crippen molar-refractivity contribution in [2.24, 2.45) is 5.92 Å². The fourth-order valence-corrected chi connectivity index (χ4v) is 2.46. The van der Waals surface area contributed by atoms with Crippen LogP contribution in [0.1, 0.15) is 18.4 Å². The molecule has 1 aromatic carbocycles. The molecule has 0 unspecified atom stereocenters. The van der Waals surface area contributed by atoms with Gasteiger partial charge in [0, 0.05) is 13.1 Å². The summed E-state index contributed by atoms with van der Waals surface area (Å²) in [6.45, 7) is 1.79. The van der Waals surface area contributed by atoms with Gasteiger partial charge in [0.1, 0.15) is 5.75 Å². The van der Waals surface area contributed by atoms with E-state index in [1.165, 1.54) is 12.1 Å². The van der Waals surface area contributed by atoms with Crippen LogP contribution in [0.3, 0.4) is 0 Å². The number of aliphatic carboxylic acids is 1. The van der Waals surface area contributed by atoms with Gasteiger partial charge in [0.15, 0.2) is 0 Å². The summed E-state index contributed by atoms with van der Waals surface area (Å²) in [7, 11) is 0. The molecule has 4 nitrogen and oxygen atoms in total. The van der Waals surface area contributed by atoms with Crippen molar-refractivity contribution >= 4 is 5.97 Å². The van der Waals surface area contributed by atoms with E-state index >= 15 is 0 Å². The van der Waals surface area contributed by atoms with E-state index < -0.39 is 12.3 Å². The maximum Gasteiger partial charge on any atom is 0.573 e. The average Bonchev–Trinajstić information content (AvgIpc) is 2.40. The van der Waals surface area contributed by atoms with Gasteiger partial charge in [0.25, 0.3) is 0 Å². The molecule has 0 aromatic heterocycles. The first kappa shape index (κ1) is 15.6. The van der Waals surface area contributed by atoms with Crippen LogP contribution >= 0.6 is 0 Å². The van der Waals surface area contributed by atoms with Gasteiger partial charge in [0.2, 0.25) is 0 Å². The Balaban J connectivity index is 1.92. The summed E-state index contributed by atoms with van der Waals surface area (Å²) in [5.41, 5.74) is 0.829. The summed E-state index contributed by atoms with van der Waals surface area (Å²) in [6, 6.07) is 5.65. The molecule has 0 saturated carbocycles. The summed E-state index contributed by atoms with van der Waals surface area (Å²) in [6.07, 6.45) is -3.21. The molecule has 1 aliphatic heterocycles. The molecular formula is C14H16F3NO3. The summed E-state index contributed by atoms with van der Waals surface area (Å²) in [4.78, 5) is 13.0. The van der Waals surface area contributed by atoms with Gasteiger partial charge in [-0.3, -0.25) is 9.69 Å². The Bertz CT molecular complexity index is 487. The number of likely N-dealkylation sites (tertiary alicyclic amines) is 1. The van der Waals surface area contributed by atoms with Crippen molar-refractivity contribution in [3.05, 3.63) is 29.8 Å². The van der Waals surface area contributed by atoms with Crippen molar-refractivity contribution < 1.29 is 27.8 Å². The minimum Gasteiger partial charge on any atom is -0.481 e. The van der Waals surface area contributed by atoms with Gasteiger partial charge in [-0.15, -0.1) is 13.2 Å². The lowest BCUT2D eigenvalue weighted by Gasteiger charge is -2.30. The number of hydrogen-bond acceptors (Lipinski definition) is 3. The molecule has 1 aliphatic rings. The van der Waals surface area contributed by atoms with Gasteiger partial charge in [-0.25, -0.2) is 0 Å². The van der Waals surface area contributed by atoms with Gasteiger partial charge in [-0.05, 0) is 37.1 Å². The lowest BCUT2D eigenvalue weighted by atomic mass is 9.98. The van der Waals surface area contributed by atoms with E-state index in [-0.39, 0.29) is 11.7 Å². The average molecular weight is 303 g/mol. The van der Waals surface area contributed by atoms with Crippen molar-refractivity contribution in [3.63, 3.8) is 0 Å². The number of carboxylic acid groups (broad SMARTS) is 1. The number of rotatable bonds is 4. The first-order valence-electron chi connectivity index (χ1n) is 6.63. The second-order valence-corrected chi connectivity index (χ2v) is 5.10. The van der Waals surface area contributed by atoms with Crippen LogP contribution in [-0.4, -0.2) is 35.4 Å². The van der Waals surface area contributed by atoms with Crippen LogP contribution < -0.4 is 4.74 Å². The number of carboxylic acids is 1. The Hall–Kier alpha value is -1.76. The van der Waals surface area contributed by atoms with Gasteiger partial charge >= 0.3 is 12.3 Å². The van der Waals surface area contributed by atoms with Crippen LogP contribution in [-0.2, 0) is 11.3 Å². The Kier molecular flexibility index (Phi) is 4.72. The molecule has 1 aromatic rings. The second-order valence-electron chi connectivity index (χ2n) is 5.10. The largest absolute Gasteiger partial charge is 0.573 e. The van der Waals surface area contributed by atoms with E-state index in [0.29, 0.717) is 19.5 Å². The monoisotopic (exact) mass is 303 g/mol. The molecule has 0 aliphatic carbocycles. The van der Waals surface area contributed by atoms with Crippen LogP contribution in [0, 0.1) is 5.92 Å². The molecule has 0 spiro atoms. The summed E-state index contributed by atoms with van der Waals surface area (Å²) >= 11 is 0. The maximum atomic E-state index is 12.0. The number of piperidine rings is 1. The topological polar surface area (TPSA) is 49.8 Å². The zero-order valence-electron chi connectivity index (χ0n) is 11.3. The number of hydrogen-bond donors (Lipinski definition) is 1. The maximum absolute atomic E-state index is 12.0. The van der Waals surface area contributed by atoms with Gasteiger partial charge in [0.05, 0.1) is 5.92 Å². The number of halogens is 3. The minimum absolute atomic E-state index is 0.256. The third-order valence-corrected chi connectivity index (χ3v) is 3.42. The fourth-order valence-electron chi connectivity index (χ4n) is 2.46. The first-order chi connectivity index (χ1) is 9.83. The standard InChI is InChI=1S/C14H16F3NO3/c15-14(16,17)21-12-5-3-10(4-6-12)8-18-7-1-2-11(9-18)13(19)20/h3-6,11H,1-2,7-9H2,(H,19,20)/t11-/m0/s1. The normalized spacial score (nSPS) is 20.2. The zero-order valence-corrected chi connectivity index (χ0v) is 11.3. The number of benzene rings is 1. The quantitative estimate of drug-likeness (QED) is 0.929. The van der Waals surface area contributed by atoms with Crippen molar-refractivity contribution in [1.82, 2.24) is 4.90 Å². The SMILES string of the molecule is O=C(O)[C@H]1CCCN(Cc2ccc(OC(F)(F)F)cc2)C1. The highest BCUT2D eigenvalue weighted by atomic mass is 19.4. The van der Waals surface area contributed by atoms with Crippen LogP contribution in [0.5, 0.6) is 5.75 Å². The van der Waals surface area contributed by atoms with Gasteiger partial charge in [-0.1, -0.05) is 12.1 Å². The number of alkyl halides is 3. The Morgan fingerprint density at radius 2 is 2.00 bits per heavy atom. The van der Waals surface area contributed by atoms with Gasteiger partial charge < -0.3 is 9.84 Å². The van der Waals surface area contributed by atoms with Crippen LogP contribution in [0.2, 0.25) is 0 Å². The Morgan fingerprint density at radius 1 is 1.33 bits per heavy atom. The molecular weight excluding hydrogens is 287 g/mol. The third kappa shape index (κ3) is 4.93. The smallest absolute Gasteiger partial charge is 0.481 e. The van der Waals surface area contributed by atoms with Crippen LogP contribution in [0.4, 0.5) is 13.2 Å². The number of ether oxygens (including phenoxy) is 1. The van der Waals surface area contributed by atoms with Crippen molar-refractivity contribution in [1.29, 1.82) is 0 Å². The summed E-state index contributed by atoms with van der Waals surface area (Å²) < 4.78 is 39.9. The molecule has 0 amide bonds. The lowest BCUT2D eigenvalue weighted by Crippen LogP contribution is -2.38. The van der Waals surface area contributed by atoms with E-state index in [0.717, 1.165) is 18.5 Å². The molecule has 1 saturated heterocycles. The zero-order chi connectivity index (χ0) is 15.5. The van der Waals surface area contributed by atoms with Crippen molar-refractivity contribution in [2.45, 2.75) is 25.7 Å². The van der Waals surface area contributed by atoms with Crippen LogP contribution in [0.25, 0.3) is 0 Å². The molecule has 1 atom stereocenters. The second kappa shape index (κ2) is 6.34. The number of carbonyl (C=O) groups is 1. The van der Waals surface area contributed by atoms with E-state index in [1.807, 2.05) is 4.90 Å².